The summed E-state index contributed by atoms with van der Waals surface area (Å²) in [5, 5.41) is 4.51. The average molecular weight is 304 g/mol. The molecule has 1 amide bonds. The second kappa shape index (κ2) is 7.58. The zero-order valence-corrected chi connectivity index (χ0v) is 14.1. The van der Waals surface area contributed by atoms with Crippen molar-refractivity contribution in [2.45, 2.75) is 52.2 Å². The van der Waals surface area contributed by atoms with Crippen LogP contribution >= 0.6 is 0 Å². The van der Waals surface area contributed by atoms with Crippen LogP contribution in [0.15, 0.2) is 18.9 Å². The van der Waals surface area contributed by atoms with E-state index in [1.807, 2.05) is 29.6 Å². The van der Waals surface area contributed by atoms with Gasteiger partial charge in [-0.25, -0.2) is 0 Å². The summed E-state index contributed by atoms with van der Waals surface area (Å²) in [4.78, 5) is 16.7. The molecule has 22 heavy (non-hydrogen) atoms. The summed E-state index contributed by atoms with van der Waals surface area (Å²) in [7, 11) is 1.91. The van der Waals surface area contributed by atoms with Gasteiger partial charge in [0.25, 0.3) is 0 Å². The molecule has 1 fully saturated rings. The van der Waals surface area contributed by atoms with Crippen molar-refractivity contribution in [1.29, 1.82) is 0 Å². The Bertz CT molecular complexity index is 523. The molecule has 0 bridgehead atoms. The Morgan fingerprint density at radius 3 is 2.91 bits per heavy atom. The molecule has 0 aromatic carbocycles. The number of carbonyl (C=O) groups excluding carboxylic acids is 1. The highest BCUT2D eigenvalue weighted by Gasteiger charge is 2.32. The van der Waals surface area contributed by atoms with Crippen LogP contribution < -0.4 is 0 Å². The van der Waals surface area contributed by atoms with Gasteiger partial charge in [0.05, 0.1) is 18.3 Å². The highest BCUT2D eigenvalue weighted by Crippen LogP contribution is 2.20. The minimum atomic E-state index is 0.0147. The fourth-order valence-electron chi connectivity index (χ4n) is 3.01. The Morgan fingerprint density at radius 2 is 2.23 bits per heavy atom. The van der Waals surface area contributed by atoms with Crippen molar-refractivity contribution in [3.63, 3.8) is 0 Å². The third-order valence-electron chi connectivity index (χ3n) is 4.39. The average Bonchev–Trinajstić information content (AvgIpc) is 2.83. The van der Waals surface area contributed by atoms with E-state index in [0.29, 0.717) is 0 Å². The number of carbonyl (C=O) groups is 1. The van der Waals surface area contributed by atoms with Gasteiger partial charge in [-0.3, -0.25) is 14.4 Å². The molecular weight excluding hydrogens is 276 g/mol. The maximum Gasteiger partial charge on any atom is 0.239 e. The minimum absolute atomic E-state index is 0.0147. The van der Waals surface area contributed by atoms with Gasteiger partial charge < -0.3 is 4.90 Å². The van der Waals surface area contributed by atoms with Crippen molar-refractivity contribution in [2.24, 2.45) is 0 Å². The van der Waals surface area contributed by atoms with Gasteiger partial charge in [-0.05, 0) is 13.3 Å². The first-order chi connectivity index (χ1) is 10.6. The topological polar surface area (TPSA) is 41.4 Å². The van der Waals surface area contributed by atoms with E-state index in [1.165, 1.54) is 5.56 Å². The van der Waals surface area contributed by atoms with Gasteiger partial charge in [-0.15, -0.1) is 6.58 Å². The maximum absolute atomic E-state index is 12.5. The van der Waals surface area contributed by atoms with E-state index in [4.69, 9.17) is 0 Å². The van der Waals surface area contributed by atoms with Crippen molar-refractivity contribution in [2.75, 3.05) is 20.1 Å². The lowest BCUT2D eigenvalue weighted by Gasteiger charge is -2.39. The largest absolute Gasteiger partial charge is 0.343 e. The number of hydrogen-bond acceptors (Lipinski definition) is 3. The molecule has 5 heteroatoms. The van der Waals surface area contributed by atoms with E-state index in [0.717, 1.165) is 51.1 Å². The number of amides is 1. The molecule has 2 heterocycles. The second-order valence-electron chi connectivity index (χ2n) is 6.14. The molecule has 1 atom stereocenters. The smallest absolute Gasteiger partial charge is 0.239 e. The summed E-state index contributed by atoms with van der Waals surface area (Å²) in [5.74, 6) is 0.260. The fourth-order valence-corrected chi connectivity index (χ4v) is 3.01. The molecule has 1 aliphatic rings. The SMILES string of the molecule is C=CCn1cc(CN2CCN(C)C(=O)[C@H]2CCCC)c(C)n1. The van der Waals surface area contributed by atoms with Crippen LogP contribution in [0.3, 0.4) is 0 Å². The number of piperazine rings is 1. The molecule has 5 nitrogen and oxygen atoms in total. The molecule has 1 saturated heterocycles. The number of aryl methyl sites for hydroxylation is 1. The lowest BCUT2D eigenvalue weighted by atomic mass is 10.0. The predicted molar refractivity (Wildman–Crippen MR) is 88.5 cm³/mol. The summed E-state index contributed by atoms with van der Waals surface area (Å²) >= 11 is 0. The number of rotatable bonds is 7. The lowest BCUT2D eigenvalue weighted by molar-refractivity contribution is -0.140. The van der Waals surface area contributed by atoms with Crippen molar-refractivity contribution >= 4 is 5.91 Å². The van der Waals surface area contributed by atoms with Crippen LogP contribution in [-0.2, 0) is 17.9 Å². The van der Waals surface area contributed by atoms with E-state index >= 15 is 0 Å². The highest BCUT2D eigenvalue weighted by molar-refractivity contribution is 5.82. The maximum atomic E-state index is 12.5. The number of hydrogen-bond donors (Lipinski definition) is 0. The molecule has 1 aromatic heterocycles. The van der Waals surface area contributed by atoms with Crippen molar-refractivity contribution in [3.05, 3.63) is 30.1 Å². The van der Waals surface area contributed by atoms with Gasteiger partial charge in [0.1, 0.15) is 0 Å². The predicted octanol–water partition coefficient (Wildman–Crippen LogP) is 2.21. The molecule has 0 saturated carbocycles. The highest BCUT2D eigenvalue weighted by atomic mass is 16.2. The number of likely N-dealkylation sites (N-methyl/N-ethyl adjacent to an activating group) is 1. The standard InChI is InChI=1S/C17H28N4O/c1-5-7-8-16-17(22)19(4)10-11-20(16)12-15-13-21(9-6-2)18-14(15)3/h6,13,16H,2,5,7-12H2,1,3-4H3/t16-/m1/s1. The van der Waals surface area contributed by atoms with Crippen LogP contribution in [0.1, 0.15) is 37.4 Å². The monoisotopic (exact) mass is 304 g/mol. The quantitative estimate of drug-likeness (QED) is 0.725. The number of unbranched alkanes of at least 4 members (excludes halogenated alkanes) is 1. The van der Waals surface area contributed by atoms with Crippen LogP contribution in [0.5, 0.6) is 0 Å². The summed E-state index contributed by atoms with van der Waals surface area (Å²) in [5.41, 5.74) is 2.25. The summed E-state index contributed by atoms with van der Waals surface area (Å²) in [6.07, 6.45) is 7.09. The molecule has 0 radical (unpaired) electrons. The Balaban J connectivity index is 2.11. The summed E-state index contributed by atoms with van der Waals surface area (Å²) in [6.45, 7) is 11.2. The molecule has 0 unspecified atom stereocenters. The van der Waals surface area contributed by atoms with E-state index in [9.17, 15) is 4.79 Å². The first-order valence-corrected chi connectivity index (χ1v) is 8.19. The molecule has 0 aliphatic carbocycles. The number of allylic oxidation sites excluding steroid dienone is 1. The molecule has 0 spiro atoms. The molecular formula is C17H28N4O. The molecule has 2 rings (SSSR count). The Morgan fingerprint density at radius 1 is 1.45 bits per heavy atom. The third-order valence-corrected chi connectivity index (χ3v) is 4.39. The molecule has 1 aromatic rings. The van der Waals surface area contributed by atoms with Crippen LogP contribution in [0.25, 0.3) is 0 Å². The van der Waals surface area contributed by atoms with Crippen LogP contribution in [0.2, 0.25) is 0 Å². The van der Waals surface area contributed by atoms with E-state index in [1.54, 1.807) is 0 Å². The van der Waals surface area contributed by atoms with Crippen LogP contribution in [0, 0.1) is 6.92 Å². The van der Waals surface area contributed by atoms with Crippen LogP contribution in [0.4, 0.5) is 0 Å². The van der Waals surface area contributed by atoms with Gasteiger partial charge >= 0.3 is 0 Å². The van der Waals surface area contributed by atoms with E-state index in [2.05, 4.69) is 29.7 Å². The first kappa shape index (κ1) is 16.7. The van der Waals surface area contributed by atoms with Gasteiger partial charge in [0, 0.05) is 38.4 Å². The Hall–Kier alpha value is -1.62. The third kappa shape index (κ3) is 3.77. The van der Waals surface area contributed by atoms with Gasteiger partial charge in [0.15, 0.2) is 0 Å². The zero-order valence-electron chi connectivity index (χ0n) is 14.1. The lowest BCUT2D eigenvalue weighted by Crippen LogP contribution is -2.55. The first-order valence-electron chi connectivity index (χ1n) is 8.19. The second-order valence-corrected chi connectivity index (χ2v) is 6.14. The van der Waals surface area contributed by atoms with Crippen molar-refractivity contribution in [3.8, 4) is 0 Å². The molecule has 122 valence electrons. The Kier molecular flexibility index (Phi) is 5.77. The normalized spacial score (nSPS) is 19.7. The van der Waals surface area contributed by atoms with Gasteiger partial charge in [0.2, 0.25) is 5.91 Å². The zero-order chi connectivity index (χ0) is 16.1. The number of nitrogens with zero attached hydrogens (tertiary/aromatic N) is 4. The van der Waals surface area contributed by atoms with Gasteiger partial charge in [-0.2, -0.15) is 5.10 Å². The number of aromatic nitrogens is 2. The van der Waals surface area contributed by atoms with Crippen LogP contribution in [-0.4, -0.2) is 51.7 Å². The van der Waals surface area contributed by atoms with E-state index < -0.39 is 0 Å². The minimum Gasteiger partial charge on any atom is -0.343 e. The summed E-state index contributed by atoms with van der Waals surface area (Å²) in [6, 6.07) is 0.0147. The summed E-state index contributed by atoms with van der Waals surface area (Å²) < 4.78 is 1.91. The van der Waals surface area contributed by atoms with Crippen molar-refractivity contribution in [1.82, 2.24) is 19.6 Å². The molecule has 1 aliphatic heterocycles. The Labute approximate surface area is 133 Å². The van der Waals surface area contributed by atoms with Gasteiger partial charge in [-0.1, -0.05) is 25.8 Å². The van der Waals surface area contributed by atoms with Crippen molar-refractivity contribution < 1.29 is 4.79 Å². The van der Waals surface area contributed by atoms with E-state index in [-0.39, 0.29) is 11.9 Å². The molecule has 0 N–H and O–H groups in total. The fraction of sp³-hybridized carbons (Fsp3) is 0.647.